The van der Waals surface area contributed by atoms with Crippen molar-refractivity contribution in [2.45, 2.75) is 12.8 Å². The van der Waals surface area contributed by atoms with E-state index in [1.165, 1.54) is 5.69 Å². The molecule has 0 saturated carbocycles. The molecule has 5 heteroatoms. The van der Waals surface area contributed by atoms with Crippen LogP contribution in [0.3, 0.4) is 0 Å². The summed E-state index contributed by atoms with van der Waals surface area (Å²) in [4.78, 5) is 23.6. The molecule has 130 valence electrons. The van der Waals surface area contributed by atoms with Crippen LogP contribution in [0.1, 0.15) is 23.2 Å². The molecule has 1 aromatic carbocycles. The average molecular weight is 336 g/mol. The highest BCUT2D eigenvalue weighted by atomic mass is 16.2. The molecule has 2 aliphatic heterocycles. The quantitative estimate of drug-likeness (QED) is 0.864. The Morgan fingerprint density at radius 1 is 0.800 bits per heavy atom. The highest BCUT2D eigenvalue weighted by Gasteiger charge is 2.22. The van der Waals surface area contributed by atoms with Crippen LogP contribution >= 0.6 is 0 Å². The van der Waals surface area contributed by atoms with Gasteiger partial charge in [0, 0.05) is 51.2 Å². The second kappa shape index (κ2) is 7.13. The molecule has 2 aromatic rings. The lowest BCUT2D eigenvalue weighted by Gasteiger charge is -2.37. The van der Waals surface area contributed by atoms with Gasteiger partial charge in [0.25, 0.3) is 5.91 Å². The first-order chi connectivity index (χ1) is 12.3. The molecule has 0 atom stereocenters. The number of carbonyl (C=O) groups is 1. The molecule has 0 radical (unpaired) electrons. The van der Waals surface area contributed by atoms with E-state index in [1.54, 1.807) is 6.20 Å². The number of pyridine rings is 1. The Labute approximate surface area is 148 Å². The Morgan fingerprint density at radius 3 is 2.12 bits per heavy atom. The van der Waals surface area contributed by atoms with Gasteiger partial charge in [-0.25, -0.2) is 0 Å². The number of nitrogens with zero attached hydrogens (tertiary/aromatic N) is 4. The van der Waals surface area contributed by atoms with Gasteiger partial charge in [-0.1, -0.05) is 18.2 Å². The van der Waals surface area contributed by atoms with Crippen molar-refractivity contribution in [3.8, 4) is 0 Å². The molecule has 0 aliphatic carbocycles. The fourth-order valence-electron chi connectivity index (χ4n) is 3.68. The third kappa shape index (κ3) is 3.45. The summed E-state index contributed by atoms with van der Waals surface area (Å²) in [6.07, 6.45) is 5.80. The summed E-state index contributed by atoms with van der Waals surface area (Å²) in [5.41, 5.74) is 3.04. The number of benzene rings is 1. The fourth-order valence-corrected chi connectivity index (χ4v) is 3.68. The van der Waals surface area contributed by atoms with Gasteiger partial charge < -0.3 is 14.7 Å². The van der Waals surface area contributed by atoms with Crippen LogP contribution in [0.15, 0.2) is 48.8 Å². The molecule has 2 saturated heterocycles. The van der Waals surface area contributed by atoms with Crippen LogP contribution in [0.2, 0.25) is 0 Å². The van der Waals surface area contributed by atoms with Crippen LogP contribution < -0.4 is 9.80 Å². The lowest BCUT2D eigenvalue weighted by Crippen LogP contribution is -2.46. The molecular weight excluding hydrogens is 312 g/mol. The Hall–Kier alpha value is -2.56. The van der Waals surface area contributed by atoms with Crippen molar-refractivity contribution in [1.29, 1.82) is 0 Å². The number of aromatic nitrogens is 1. The predicted octanol–water partition coefficient (Wildman–Crippen LogP) is 2.64. The van der Waals surface area contributed by atoms with Crippen LogP contribution in [-0.2, 0) is 0 Å². The average Bonchev–Trinajstić information content (AvgIpc) is 3.23. The summed E-state index contributed by atoms with van der Waals surface area (Å²) >= 11 is 0. The van der Waals surface area contributed by atoms with E-state index in [0.29, 0.717) is 5.56 Å². The first-order valence-electron chi connectivity index (χ1n) is 9.10. The molecule has 4 rings (SSSR count). The van der Waals surface area contributed by atoms with E-state index >= 15 is 0 Å². The minimum atomic E-state index is 0.120. The Balaban J connectivity index is 1.43. The summed E-state index contributed by atoms with van der Waals surface area (Å²) in [5, 5.41) is 0. The zero-order valence-electron chi connectivity index (χ0n) is 14.5. The van der Waals surface area contributed by atoms with Crippen LogP contribution in [0, 0.1) is 0 Å². The Bertz CT molecular complexity index is 719. The van der Waals surface area contributed by atoms with Crippen molar-refractivity contribution < 1.29 is 4.79 Å². The lowest BCUT2D eigenvalue weighted by molar-refractivity contribution is 0.0792. The van der Waals surface area contributed by atoms with Gasteiger partial charge in [0.15, 0.2) is 0 Å². The number of hydrogen-bond donors (Lipinski definition) is 0. The van der Waals surface area contributed by atoms with Crippen LogP contribution in [-0.4, -0.2) is 55.1 Å². The van der Waals surface area contributed by atoms with Crippen molar-refractivity contribution >= 4 is 17.3 Å². The van der Waals surface area contributed by atoms with Gasteiger partial charge in [-0.05, 0) is 31.0 Å². The van der Waals surface area contributed by atoms with E-state index in [2.05, 4.69) is 39.0 Å². The number of rotatable bonds is 3. The van der Waals surface area contributed by atoms with Crippen molar-refractivity contribution in [1.82, 2.24) is 9.88 Å². The number of hydrogen-bond acceptors (Lipinski definition) is 4. The maximum absolute atomic E-state index is 12.6. The van der Waals surface area contributed by atoms with E-state index in [4.69, 9.17) is 0 Å². The second-order valence-electron chi connectivity index (χ2n) is 6.74. The summed E-state index contributed by atoms with van der Waals surface area (Å²) in [5.74, 6) is 0.120. The fraction of sp³-hybridized carbons (Fsp3) is 0.400. The number of piperazine rings is 1. The Morgan fingerprint density at radius 2 is 1.44 bits per heavy atom. The summed E-state index contributed by atoms with van der Waals surface area (Å²) in [7, 11) is 0. The van der Waals surface area contributed by atoms with E-state index in [9.17, 15) is 4.79 Å². The first kappa shape index (κ1) is 15.9. The minimum Gasteiger partial charge on any atom is -0.368 e. The first-order valence-corrected chi connectivity index (χ1v) is 9.10. The van der Waals surface area contributed by atoms with Gasteiger partial charge in [0.1, 0.15) is 0 Å². The van der Waals surface area contributed by atoms with Gasteiger partial charge in [-0.3, -0.25) is 9.78 Å². The third-order valence-corrected chi connectivity index (χ3v) is 5.13. The van der Waals surface area contributed by atoms with Crippen molar-refractivity contribution in [2.24, 2.45) is 0 Å². The highest BCUT2D eigenvalue weighted by molar-refractivity contribution is 5.95. The van der Waals surface area contributed by atoms with E-state index in [1.807, 2.05) is 23.2 Å². The molecular formula is C20H24N4O. The molecule has 0 N–H and O–H groups in total. The lowest BCUT2D eigenvalue weighted by atomic mass is 10.2. The SMILES string of the molecule is O=C(c1cncc(N2CCN(c3ccccc3)CC2)c1)N1CCCC1. The summed E-state index contributed by atoms with van der Waals surface area (Å²) in [6.45, 7) is 5.59. The smallest absolute Gasteiger partial charge is 0.255 e. The molecule has 25 heavy (non-hydrogen) atoms. The topological polar surface area (TPSA) is 39.7 Å². The minimum absolute atomic E-state index is 0.120. The van der Waals surface area contributed by atoms with Crippen LogP contribution in [0.4, 0.5) is 11.4 Å². The van der Waals surface area contributed by atoms with E-state index in [-0.39, 0.29) is 5.91 Å². The molecule has 0 bridgehead atoms. The van der Waals surface area contributed by atoms with Gasteiger partial charge >= 0.3 is 0 Å². The second-order valence-corrected chi connectivity index (χ2v) is 6.74. The number of anilines is 2. The standard InChI is InChI=1S/C20H24N4O/c25-20(24-8-4-5-9-24)17-14-19(16-21-15-17)23-12-10-22(11-13-23)18-6-2-1-3-7-18/h1-3,6-7,14-16H,4-5,8-13H2. The van der Waals surface area contributed by atoms with Crippen LogP contribution in [0.25, 0.3) is 0 Å². The van der Waals surface area contributed by atoms with Gasteiger partial charge in [0.05, 0.1) is 17.4 Å². The van der Waals surface area contributed by atoms with Gasteiger partial charge in [-0.2, -0.15) is 0 Å². The van der Waals surface area contributed by atoms with Crippen LogP contribution in [0.5, 0.6) is 0 Å². The summed E-state index contributed by atoms with van der Waals surface area (Å²) in [6, 6.07) is 12.5. The number of amides is 1. The zero-order valence-corrected chi connectivity index (χ0v) is 14.5. The molecule has 0 spiro atoms. The molecule has 5 nitrogen and oxygen atoms in total. The van der Waals surface area contributed by atoms with Gasteiger partial charge in [0.2, 0.25) is 0 Å². The molecule has 0 unspecified atom stereocenters. The zero-order chi connectivity index (χ0) is 17.1. The largest absolute Gasteiger partial charge is 0.368 e. The third-order valence-electron chi connectivity index (χ3n) is 5.13. The van der Waals surface area contributed by atoms with Crippen molar-refractivity contribution in [3.63, 3.8) is 0 Å². The molecule has 2 aliphatic rings. The van der Waals surface area contributed by atoms with E-state index in [0.717, 1.165) is 57.8 Å². The summed E-state index contributed by atoms with van der Waals surface area (Å²) < 4.78 is 0. The highest BCUT2D eigenvalue weighted by Crippen LogP contribution is 2.21. The van der Waals surface area contributed by atoms with Crippen molar-refractivity contribution in [2.75, 3.05) is 49.1 Å². The maximum atomic E-state index is 12.6. The van der Waals surface area contributed by atoms with Gasteiger partial charge in [-0.15, -0.1) is 0 Å². The number of likely N-dealkylation sites (tertiary alicyclic amines) is 1. The molecule has 1 amide bonds. The van der Waals surface area contributed by atoms with E-state index < -0.39 is 0 Å². The molecule has 2 fully saturated rings. The Kier molecular flexibility index (Phi) is 4.55. The maximum Gasteiger partial charge on any atom is 0.255 e. The normalized spacial score (nSPS) is 17.8. The molecule has 1 aromatic heterocycles. The predicted molar refractivity (Wildman–Crippen MR) is 100 cm³/mol. The monoisotopic (exact) mass is 336 g/mol. The van der Waals surface area contributed by atoms with Crippen molar-refractivity contribution in [3.05, 3.63) is 54.4 Å². The number of para-hydroxylation sites is 1. The number of carbonyl (C=O) groups excluding carboxylic acids is 1. The molecule has 3 heterocycles.